The predicted octanol–water partition coefficient (Wildman–Crippen LogP) is 2.06. The van der Waals surface area contributed by atoms with Crippen LogP contribution in [0.1, 0.15) is 58.4 Å². The van der Waals surface area contributed by atoms with Crippen molar-refractivity contribution in [2.45, 2.75) is 71.4 Å². The lowest BCUT2D eigenvalue weighted by Gasteiger charge is -2.37. The second kappa shape index (κ2) is 10.9. The molecule has 0 unspecified atom stereocenters. The molecule has 1 aliphatic heterocycles. The number of amides is 2. The molecule has 8 nitrogen and oxygen atoms in total. The van der Waals surface area contributed by atoms with E-state index in [4.69, 9.17) is 16.6 Å². The van der Waals surface area contributed by atoms with E-state index < -0.39 is 29.4 Å². The van der Waals surface area contributed by atoms with Gasteiger partial charge >= 0.3 is 5.97 Å². The highest BCUT2D eigenvalue weighted by Gasteiger charge is 2.34. The summed E-state index contributed by atoms with van der Waals surface area (Å²) < 4.78 is 0. The van der Waals surface area contributed by atoms with Crippen LogP contribution in [0.15, 0.2) is 24.3 Å². The van der Waals surface area contributed by atoms with Gasteiger partial charge in [0.05, 0.1) is 12.0 Å². The van der Waals surface area contributed by atoms with Crippen molar-refractivity contribution < 1.29 is 24.6 Å². The largest absolute Gasteiger partial charge is 0.481 e. The Balaban J connectivity index is 2.06. The Morgan fingerprint density at radius 3 is 2.53 bits per heavy atom. The number of anilines is 1. The fourth-order valence-electron chi connectivity index (χ4n) is 4.44. The summed E-state index contributed by atoms with van der Waals surface area (Å²) in [7, 11) is 0. The Kier molecular flexibility index (Phi) is 8.81. The van der Waals surface area contributed by atoms with E-state index in [-0.39, 0.29) is 30.6 Å². The minimum atomic E-state index is -0.972. The van der Waals surface area contributed by atoms with Gasteiger partial charge < -0.3 is 26.6 Å². The number of para-hydroxylation sites is 1. The number of primary amides is 1. The summed E-state index contributed by atoms with van der Waals surface area (Å²) in [4.78, 5) is 37.4. The van der Waals surface area contributed by atoms with Crippen molar-refractivity contribution in [2.24, 2.45) is 28.7 Å². The summed E-state index contributed by atoms with van der Waals surface area (Å²) in [5.41, 5.74) is 13.0. The monoisotopic (exact) mass is 447 g/mol. The van der Waals surface area contributed by atoms with Crippen molar-refractivity contribution in [2.75, 3.05) is 11.4 Å². The van der Waals surface area contributed by atoms with E-state index in [1.807, 2.05) is 38.1 Å². The third kappa shape index (κ3) is 7.31. The molecule has 2 rings (SSSR count). The molecule has 1 heterocycles. The average Bonchev–Trinajstić information content (AvgIpc) is 2.70. The smallest absolute Gasteiger partial charge is 0.306 e. The van der Waals surface area contributed by atoms with Crippen molar-refractivity contribution in [3.05, 3.63) is 29.8 Å². The van der Waals surface area contributed by atoms with Crippen LogP contribution < -0.4 is 16.4 Å². The van der Waals surface area contributed by atoms with E-state index in [0.29, 0.717) is 25.8 Å². The van der Waals surface area contributed by atoms with E-state index >= 15 is 0 Å². The van der Waals surface area contributed by atoms with Gasteiger partial charge in [0.2, 0.25) is 11.8 Å². The molecule has 0 radical (unpaired) electrons. The van der Waals surface area contributed by atoms with Crippen molar-refractivity contribution in [3.63, 3.8) is 0 Å². The molecule has 0 saturated carbocycles. The van der Waals surface area contributed by atoms with Gasteiger partial charge in [0.25, 0.3) is 0 Å². The molecule has 0 bridgehead atoms. The fourth-order valence-corrected chi connectivity index (χ4v) is 4.44. The third-order valence-corrected chi connectivity index (χ3v) is 6.26. The molecular weight excluding hydrogens is 410 g/mol. The maximum atomic E-state index is 13.3. The van der Waals surface area contributed by atoms with Crippen LogP contribution in [0.3, 0.4) is 0 Å². The van der Waals surface area contributed by atoms with Crippen LogP contribution >= 0.6 is 0 Å². The van der Waals surface area contributed by atoms with Crippen LogP contribution in [0.25, 0.3) is 0 Å². The molecule has 0 aliphatic carbocycles. The molecule has 1 aliphatic rings. The van der Waals surface area contributed by atoms with Gasteiger partial charge in [-0.1, -0.05) is 39.0 Å². The minimum Gasteiger partial charge on any atom is -0.481 e. The highest BCUT2D eigenvalue weighted by atomic mass is 16.4. The van der Waals surface area contributed by atoms with Crippen LogP contribution in [-0.4, -0.2) is 46.7 Å². The first-order chi connectivity index (χ1) is 14.9. The molecular formula is C24H37N3O5. The molecule has 1 aromatic carbocycles. The number of fused-ring (bicyclic) bond motifs is 1. The molecule has 32 heavy (non-hydrogen) atoms. The van der Waals surface area contributed by atoms with E-state index in [2.05, 4.69) is 0 Å². The summed E-state index contributed by atoms with van der Waals surface area (Å²) >= 11 is 0. The fraction of sp³-hybridized carbons (Fsp3) is 0.625. The molecule has 0 fully saturated rings. The normalized spacial score (nSPS) is 19.0. The maximum Gasteiger partial charge on any atom is 0.306 e. The number of aliphatic hydroxyl groups is 1. The van der Waals surface area contributed by atoms with Gasteiger partial charge in [-0.3, -0.25) is 14.4 Å². The predicted molar refractivity (Wildman–Crippen MR) is 123 cm³/mol. The van der Waals surface area contributed by atoms with Crippen molar-refractivity contribution >= 4 is 23.5 Å². The highest BCUT2D eigenvalue weighted by molar-refractivity contribution is 5.95. The quantitative estimate of drug-likeness (QED) is 0.408. The van der Waals surface area contributed by atoms with Gasteiger partial charge in [-0.25, -0.2) is 0 Å². The van der Waals surface area contributed by atoms with Crippen LogP contribution in [0.5, 0.6) is 0 Å². The standard InChI is InChI=1S/C24H37N3O5/c1-15(23(31)32)10-20(28)18(25)12-24(2,3)13-22(30)27-14-16(8-9-21(26)29)11-17-6-4-5-7-19(17)27/h4-7,15-16,18,20,28H,8-14,25H2,1-3H3,(H2,26,29)(H,31,32)/t15-,16-,18+,20+/m1/s1. The summed E-state index contributed by atoms with van der Waals surface area (Å²) in [6.45, 7) is 5.93. The van der Waals surface area contributed by atoms with E-state index in [9.17, 15) is 19.5 Å². The van der Waals surface area contributed by atoms with Gasteiger partial charge in [0.1, 0.15) is 0 Å². The lowest BCUT2D eigenvalue weighted by atomic mass is 9.79. The van der Waals surface area contributed by atoms with E-state index in [1.54, 1.807) is 4.90 Å². The van der Waals surface area contributed by atoms with E-state index in [0.717, 1.165) is 17.7 Å². The number of benzene rings is 1. The second-order valence-corrected chi connectivity index (χ2v) is 9.96. The Morgan fingerprint density at radius 2 is 1.91 bits per heavy atom. The molecule has 8 heteroatoms. The first kappa shape index (κ1) is 25.8. The first-order valence-electron chi connectivity index (χ1n) is 11.2. The summed E-state index contributed by atoms with van der Waals surface area (Å²) in [5, 5.41) is 19.4. The molecule has 0 saturated heterocycles. The number of nitrogens with zero attached hydrogens (tertiary/aromatic N) is 1. The van der Waals surface area contributed by atoms with Crippen LogP contribution in [0, 0.1) is 17.3 Å². The number of carbonyl (C=O) groups excluding carboxylic acids is 2. The maximum absolute atomic E-state index is 13.3. The number of hydrogen-bond donors (Lipinski definition) is 4. The molecule has 1 aromatic rings. The van der Waals surface area contributed by atoms with Gasteiger partial charge in [0, 0.05) is 31.1 Å². The number of aliphatic hydroxyl groups excluding tert-OH is 1. The zero-order valence-electron chi connectivity index (χ0n) is 19.3. The number of rotatable bonds is 11. The molecule has 4 atom stereocenters. The molecule has 178 valence electrons. The van der Waals surface area contributed by atoms with Crippen LogP contribution in [0.4, 0.5) is 5.69 Å². The topological polar surface area (TPSA) is 147 Å². The van der Waals surface area contributed by atoms with Gasteiger partial charge in [0.15, 0.2) is 0 Å². The van der Waals surface area contributed by atoms with Gasteiger partial charge in [-0.2, -0.15) is 0 Å². The molecule has 6 N–H and O–H groups in total. The Labute approximate surface area is 190 Å². The Hall–Kier alpha value is -2.45. The first-order valence-corrected chi connectivity index (χ1v) is 11.2. The number of aliphatic carboxylic acids is 1. The van der Waals surface area contributed by atoms with Gasteiger partial charge in [-0.05, 0) is 48.6 Å². The van der Waals surface area contributed by atoms with Crippen LogP contribution in [-0.2, 0) is 20.8 Å². The lowest BCUT2D eigenvalue weighted by molar-refractivity contribution is -0.142. The zero-order chi connectivity index (χ0) is 24.1. The van der Waals surface area contributed by atoms with Crippen LogP contribution in [0.2, 0.25) is 0 Å². The molecule has 0 aromatic heterocycles. The third-order valence-electron chi connectivity index (χ3n) is 6.26. The lowest BCUT2D eigenvalue weighted by Crippen LogP contribution is -2.44. The minimum absolute atomic E-state index is 0.0354. The van der Waals surface area contributed by atoms with Gasteiger partial charge in [-0.15, -0.1) is 0 Å². The average molecular weight is 448 g/mol. The Bertz CT molecular complexity index is 826. The van der Waals surface area contributed by atoms with Crippen molar-refractivity contribution in [3.8, 4) is 0 Å². The second-order valence-electron chi connectivity index (χ2n) is 9.96. The zero-order valence-corrected chi connectivity index (χ0v) is 19.3. The number of nitrogens with two attached hydrogens (primary N) is 2. The molecule has 2 amide bonds. The number of carboxylic acids is 1. The Morgan fingerprint density at radius 1 is 1.25 bits per heavy atom. The number of hydrogen-bond acceptors (Lipinski definition) is 5. The van der Waals surface area contributed by atoms with Crippen molar-refractivity contribution in [1.29, 1.82) is 0 Å². The van der Waals surface area contributed by atoms with Crippen molar-refractivity contribution in [1.82, 2.24) is 0 Å². The summed E-state index contributed by atoms with van der Waals surface area (Å²) in [5.74, 6) is -1.88. The highest BCUT2D eigenvalue weighted by Crippen LogP contribution is 2.35. The van der Waals surface area contributed by atoms with E-state index in [1.165, 1.54) is 6.92 Å². The summed E-state index contributed by atoms with van der Waals surface area (Å²) in [6, 6.07) is 7.17. The number of carbonyl (C=O) groups is 3. The summed E-state index contributed by atoms with van der Waals surface area (Å²) in [6.07, 6.45) is 1.46. The number of carboxylic acid groups (broad SMARTS) is 1. The SMILES string of the molecule is C[C@H](C[C@H](O)[C@@H](N)CC(C)(C)CC(=O)N1C[C@H](CCC(N)=O)Cc2ccccc21)C(=O)O. The molecule has 0 spiro atoms.